The zero-order valence-corrected chi connectivity index (χ0v) is 11.2. The van der Waals surface area contributed by atoms with Gasteiger partial charge in [0.2, 0.25) is 0 Å². The van der Waals surface area contributed by atoms with E-state index in [-0.39, 0.29) is 5.49 Å². The van der Waals surface area contributed by atoms with E-state index in [1.54, 1.807) is 18.2 Å². The fourth-order valence-corrected chi connectivity index (χ4v) is 2.10. The highest BCUT2D eigenvalue weighted by Gasteiger charge is 2.06. The zero-order valence-electron chi connectivity index (χ0n) is 9.64. The van der Waals surface area contributed by atoms with Crippen LogP contribution in [0.25, 0.3) is 16.6 Å². The summed E-state index contributed by atoms with van der Waals surface area (Å²) in [5.74, 6) is 0. The zero-order chi connectivity index (χ0) is 13.4. The lowest BCUT2D eigenvalue weighted by Gasteiger charge is -2.07. The molecule has 0 saturated heterocycles. The van der Waals surface area contributed by atoms with Crippen LogP contribution in [0.5, 0.6) is 0 Å². The average Bonchev–Trinajstić information content (AvgIpc) is 2.43. The van der Waals surface area contributed by atoms with Crippen molar-refractivity contribution in [2.24, 2.45) is 0 Å². The van der Waals surface area contributed by atoms with Crippen LogP contribution in [0.1, 0.15) is 0 Å². The van der Waals surface area contributed by atoms with Crippen LogP contribution in [-0.4, -0.2) is 15.0 Å². The van der Waals surface area contributed by atoms with Gasteiger partial charge in [0.05, 0.1) is 21.2 Å². The topological polar surface area (TPSA) is 54.6 Å². The molecule has 0 bridgehead atoms. The average molecular weight is 291 g/mol. The Hall–Kier alpha value is -1.91. The maximum Gasteiger partial charge on any atom is 0.157 e. The molecule has 94 valence electrons. The smallest absolute Gasteiger partial charge is 0.157 e. The van der Waals surface area contributed by atoms with E-state index >= 15 is 0 Å². The summed E-state index contributed by atoms with van der Waals surface area (Å²) in [6.07, 6.45) is 0. The van der Waals surface area contributed by atoms with Crippen LogP contribution < -0.4 is 5.49 Å². The number of hydrogen-bond acceptors (Lipinski definition) is 3. The van der Waals surface area contributed by atoms with Gasteiger partial charge < -0.3 is 0 Å². The molecule has 1 N–H and O–H groups in total. The summed E-state index contributed by atoms with van der Waals surface area (Å²) in [4.78, 5) is 0. The second-order valence-corrected chi connectivity index (χ2v) is 4.78. The number of nitrogens with one attached hydrogen (secondary N) is 1. The van der Waals surface area contributed by atoms with Gasteiger partial charge in [-0.3, -0.25) is 5.41 Å². The van der Waals surface area contributed by atoms with E-state index < -0.39 is 0 Å². The molecule has 3 rings (SSSR count). The van der Waals surface area contributed by atoms with Crippen molar-refractivity contribution in [2.45, 2.75) is 0 Å². The number of benzene rings is 2. The first-order valence-electron chi connectivity index (χ1n) is 5.51. The third-order valence-corrected chi connectivity index (χ3v) is 3.50. The molecule has 3 aromatic rings. The van der Waals surface area contributed by atoms with Gasteiger partial charge in [0.1, 0.15) is 0 Å². The largest absolute Gasteiger partial charge is 0.282 e. The lowest BCUT2D eigenvalue weighted by Crippen LogP contribution is -2.22. The van der Waals surface area contributed by atoms with Gasteiger partial charge in [-0.15, -0.1) is 5.10 Å². The minimum absolute atomic E-state index is 0.254. The van der Waals surface area contributed by atoms with Crippen molar-refractivity contribution in [3.05, 3.63) is 58.0 Å². The Bertz CT molecular complexity index is 826. The summed E-state index contributed by atoms with van der Waals surface area (Å²) in [7, 11) is 0. The second-order valence-electron chi connectivity index (χ2n) is 3.97. The highest BCUT2D eigenvalue weighted by molar-refractivity contribution is 6.42. The third-order valence-electron chi connectivity index (χ3n) is 2.76. The predicted molar refractivity (Wildman–Crippen MR) is 74.7 cm³/mol. The highest BCUT2D eigenvalue weighted by atomic mass is 35.5. The molecular weight excluding hydrogens is 283 g/mol. The lowest BCUT2D eigenvalue weighted by molar-refractivity contribution is 0.716. The molecule has 0 aliphatic heterocycles. The quantitative estimate of drug-likeness (QED) is 0.748. The molecule has 0 unspecified atom stereocenters. The third kappa shape index (κ3) is 2.09. The lowest BCUT2D eigenvalue weighted by atomic mass is 10.2. The van der Waals surface area contributed by atoms with Crippen LogP contribution in [0.2, 0.25) is 10.0 Å². The molecule has 1 aromatic heterocycles. The Morgan fingerprint density at radius 2 is 1.79 bits per heavy atom. The van der Waals surface area contributed by atoms with Crippen LogP contribution in [0.4, 0.5) is 0 Å². The van der Waals surface area contributed by atoms with Gasteiger partial charge in [0.15, 0.2) is 5.49 Å². The van der Waals surface area contributed by atoms with E-state index in [9.17, 15) is 0 Å². The summed E-state index contributed by atoms with van der Waals surface area (Å²) in [6, 6.07) is 12.4. The Kier molecular flexibility index (Phi) is 2.97. The Balaban J connectivity index is 2.28. The standard InChI is InChI=1S/C13H8Cl2N4/c14-10-6-5-8(7-11(10)15)19-13(16)9-3-1-2-4-12(9)17-18-19/h1-7,16H. The van der Waals surface area contributed by atoms with Gasteiger partial charge >= 0.3 is 0 Å². The normalized spacial score (nSPS) is 10.8. The van der Waals surface area contributed by atoms with Crippen LogP contribution in [0, 0.1) is 5.41 Å². The second kappa shape index (κ2) is 4.64. The molecule has 0 aliphatic rings. The first-order valence-corrected chi connectivity index (χ1v) is 6.27. The van der Waals surface area contributed by atoms with Crippen molar-refractivity contribution < 1.29 is 0 Å². The molecule has 0 spiro atoms. The maximum atomic E-state index is 8.19. The number of halogens is 2. The van der Waals surface area contributed by atoms with Gasteiger partial charge in [-0.25, -0.2) is 0 Å². The van der Waals surface area contributed by atoms with Gasteiger partial charge in [-0.1, -0.05) is 40.5 Å². The van der Waals surface area contributed by atoms with Crippen molar-refractivity contribution in [3.63, 3.8) is 0 Å². The van der Waals surface area contributed by atoms with E-state index in [1.165, 1.54) is 4.68 Å². The molecule has 4 nitrogen and oxygen atoms in total. The van der Waals surface area contributed by atoms with E-state index in [1.807, 2.05) is 24.3 Å². The SMILES string of the molecule is N=c1c2ccccc2nnn1-c1ccc(Cl)c(Cl)c1. The molecule has 0 saturated carbocycles. The molecular formula is C13H8Cl2N4. The van der Waals surface area contributed by atoms with Crippen molar-refractivity contribution in [2.75, 3.05) is 0 Å². The van der Waals surface area contributed by atoms with Crippen molar-refractivity contribution in [3.8, 4) is 5.69 Å². The monoisotopic (exact) mass is 290 g/mol. The first-order chi connectivity index (χ1) is 9.16. The van der Waals surface area contributed by atoms with Crippen LogP contribution >= 0.6 is 23.2 Å². The molecule has 0 atom stereocenters. The van der Waals surface area contributed by atoms with Gasteiger partial charge in [0.25, 0.3) is 0 Å². The fourth-order valence-electron chi connectivity index (χ4n) is 1.81. The van der Waals surface area contributed by atoms with Crippen molar-refractivity contribution >= 4 is 34.1 Å². The van der Waals surface area contributed by atoms with Gasteiger partial charge in [-0.05, 0) is 30.3 Å². The molecule has 1 heterocycles. The summed E-state index contributed by atoms with van der Waals surface area (Å²) in [5.41, 5.74) is 1.59. The van der Waals surface area contributed by atoms with E-state index in [2.05, 4.69) is 10.3 Å². The summed E-state index contributed by atoms with van der Waals surface area (Å²) in [5, 5.41) is 17.9. The molecule has 6 heteroatoms. The molecule has 19 heavy (non-hydrogen) atoms. The summed E-state index contributed by atoms with van der Waals surface area (Å²) >= 11 is 11.9. The highest BCUT2D eigenvalue weighted by Crippen LogP contribution is 2.23. The Morgan fingerprint density at radius 3 is 2.58 bits per heavy atom. The van der Waals surface area contributed by atoms with E-state index in [4.69, 9.17) is 28.6 Å². The fraction of sp³-hybridized carbons (Fsp3) is 0. The Labute approximate surface area is 118 Å². The molecule has 0 aliphatic carbocycles. The van der Waals surface area contributed by atoms with Crippen molar-refractivity contribution in [1.29, 1.82) is 5.41 Å². The minimum atomic E-state index is 0.254. The number of aromatic nitrogens is 3. The molecule has 2 aromatic carbocycles. The minimum Gasteiger partial charge on any atom is -0.282 e. The van der Waals surface area contributed by atoms with Crippen LogP contribution in [-0.2, 0) is 0 Å². The van der Waals surface area contributed by atoms with Crippen LogP contribution in [0.15, 0.2) is 42.5 Å². The van der Waals surface area contributed by atoms with E-state index in [0.29, 0.717) is 21.2 Å². The molecule has 0 fully saturated rings. The summed E-state index contributed by atoms with van der Waals surface area (Å²) in [6.45, 7) is 0. The summed E-state index contributed by atoms with van der Waals surface area (Å²) < 4.78 is 1.42. The van der Waals surface area contributed by atoms with Crippen molar-refractivity contribution in [1.82, 2.24) is 15.0 Å². The number of fused-ring (bicyclic) bond motifs is 1. The molecule has 0 radical (unpaired) electrons. The first kappa shape index (κ1) is 12.1. The molecule has 0 amide bonds. The number of nitrogens with zero attached hydrogens (tertiary/aromatic N) is 3. The number of hydrogen-bond donors (Lipinski definition) is 1. The van der Waals surface area contributed by atoms with Crippen LogP contribution in [0.3, 0.4) is 0 Å². The maximum absolute atomic E-state index is 8.19. The predicted octanol–water partition coefficient (Wildman–Crippen LogP) is 3.21. The van der Waals surface area contributed by atoms with E-state index in [0.717, 1.165) is 5.39 Å². The van der Waals surface area contributed by atoms with Gasteiger partial charge in [0, 0.05) is 5.39 Å². The number of rotatable bonds is 1. The van der Waals surface area contributed by atoms with Gasteiger partial charge in [-0.2, -0.15) is 4.68 Å². The Morgan fingerprint density at radius 1 is 1.00 bits per heavy atom.